The Morgan fingerprint density at radius 1 is 0.957 bits per heavy atom. The van der Waals surface area contributed by atoms with Gasteiger partial charge >= 0.3 is 0 Å². The monoisotopic (exact) mass is 346 g/mol. The topological polar surface area (TPSA) is 29.5 Å². The molecule has 2 aromatic rings. The molecule has 0 aliphatic rings. The second kappa shape index (κ2) is 8.15. The fourth-order valence-electron chi connectivity index (χ4n) is 2.72. The molecule has 0 heterocycles. The molecule has 23 heavy (non-hydrogen) atoms. The number of hydrogen-bond acceptors (Lipinski definition) is 3. The van der Waals surface area contributed by atoms with Gasteiger partial charge in [0.05, 0.1) is 12.2 Å². The lowest BCUT2D eigenvalue weighted by atomic mass is 9.86. The van der Waals surface area contributed by atoms with Gasteiger partial charge in [-0.15, -0.1) is 0 Å². The molecule has 0 aliphatic carbocycles. The maximum atomic E-state index is 10.4. The summed E-state index contributed by atoms with van der Waals surface area (Å²) in [6.07, 6.45) is -0.835. The Morgan fingerprint density at radius 3 is 1.74 bits per heavy atom. The van der Waals surface area contributed by atoms with Crippen molar-refractivity contribution in [2.45, 2.75) is 33.0 Å². The van der Waals surface area contributed by atoms with Crippen LogP contribution in [-0.2, 0) is 4.43 Å². The fourth-order valence-corrected chi connectivity index (χ4v) is 5.64. The predicted molar refractivity (Wildman–Crippen MR) is 103 cm³/mol. The SMILES string of the molecule is CC(C)(C)C(O[SiH](c1ccccc1)c1ccccc1)C(O)CS. The molecule has 0 saturated carbocycles. The molecule has 0 fully saturated rings. The molecular weight excluding hydrogens is 320 g/mol. The van der Waals surface area contributed by atoms with Crippen molar-refractivity contribution in [3.63, 3.8) is 0 Å². The van der Waals surface area contributed by atoms with Crippen molar-refractivity contribution >= 4 is 32.0 Å². The molecule has 2 aromatic carbocycles. The van der Waals surface area contributed by atoms with Gasteiger partial charge in [-0.25, -0.2) is 0 Å². The van der Waals surface area contributed by atoms with Crippen LogP contribution in [0.15, 0.2) is 60.7 Å². The van der Waals surface area contributed by atoms with Crippen molar-refractivity contribution in [2.24, 2.45) is 5.41 Å². The smallest absolute Gasteiger partial charge is 0.240 e. The molecule has 124 valence electrons. The number of thiol groups is 1. The van der Waals surface area contributed by atoms with E-state index < -0.39 is 15.1 Å². The quantitative estimate of drug-likeness (QED) is 0.621. The van der Waals surface area contributed by atoms with Crippen molar-refractivity contribution < 1.29 is 9.53 Å². The Balaban J connectivity index is 2.38. The minimum Gasteiger partial charge on any atom is -0.405 e. The van der Waals surface area contributed by atoms with Crippen LogP contribution in [0.4, 0.5) is 0 Å². The van der Waals surface area contributed by atoms with Crippen LogP contribution in [0.25, 0.3) is 0 Å². The van der Waals surface area contributed by atoms with Crippen LogP contribution in [0, 0.1) is 5.41 Å². The highest BCUT2D eigenvalue weighted by molar-refractivity contribution is 7.80. The molecule has 1 N–H and O–H groups in total. The van der Waals surface area contributed by atoms with Gasteiger partial charge in [-0.05, 0) is 15.8 Å². The lowest BCUT2D eigenvalue weighted by Crippen LogP contribution is -2.53. The Bertz CT molecular complexity index is 544. The number of aliphatic hydroxyl groups is 1. The third-order valence-corrected chi connectivity index (χ3v) is 6.80. The van der Waals surface area contributed by atoms with Gasteiger partial charge in [-0.3, -0.25) is 0 Å². The summed E-state index contributed by atoms with van der Waals surface area (Å²) in [7, 11) is -1.87. The van der Waals surface area contributed by atoms with E-state index in [1.807, 2.05) is 36.4 Å². The fraction of sp³-hybridized carbons (Fsp3) is 0.368. The first-order chi connectivity index (χ1) is 10.9. The van der Waals surface area contributed by atoms with Crippen molar-refractivity contribution in [2.75, 3.05) is 5.75 Å². The maximum Gasteiger partial charge on any atom is 0.240 e. The summed E-state index contributed by atoms with van der Waals surface area (Å²) in [5, 5.41) is 12.9. The van der Waals surface area contributed by atoms with Crippen molar-refractivity contribution in [3.05, 3.63) is 60.7 Å². The van der Waals surface area contributed by atoms with E-state index in [-0.39, 0.29) is 11.5 Å². The normalized spacial score (nSPS) is 14.7. The minimum atomic E-state index is -1.87. The van der Waals surface area contributed by atoms with E-state index in [0.29, 0.717) is 5.75 Å². The van der Waals surface area contributed by atoms with E-state index in [9.17, 15) is 5.11 Å². The maximum absolute atomic E-state index is 10.4. The highest BCUT2D eigenvalue weighted by atomic mass is 32.1. The average Bonchev–Trinajstić information content (AvgIpc) is 2.55. The number of aliphatic hydroxyl groups excluding tert-OH is 1. The standard InChI is InChI=1S/C19H26O2SSi/c1-19(2,3)18(17(20)14-22)21-23(15-10-6-4-7-11-15)16-12-8-5-9-13-16/h4-13,17-18,20,22-23H,14H2,1-3H3. The molecule has 0 bridgehead atoms. The summed E-state index contributed by atoms with van der Waals surface area (Å²) >= 11 is 4.27. The molecule has 2 atom stereocenters. The van der Waals surface area contributed by atoms with Gasteiger partial charge in [0.1, 0.15) is 0 Å². The van der Waals surface area contributed by atoms with Crippen LogP contribution in [0.2, 0.25) is 0 Å². The molecule has 4 heteroatoms. The van der Waals surface area contributed by atoms with E-state index >= 15 is 0 Å². The summed E-state index contributed by atoms with van der Waals surface area (Å²) in [6.45, 7) is 6.31. The van der Waals surface area contributed by atoms with Gasteiger partial charge in [-0.1, -0.05) is 81.4 Å². The van der Waals surface area contributed by atoms with Gasteiger partial charge in [0.2, 0.25) is 9.04 Å². The largest absolute Gasteiger partial charge is 0.405 e. The zero-order chi connectivity index (χ0) is 16.9. The molecule has 2 nitrogen and oxygen atoms in total. The number of rotatable bonds is 6. The first kappa shape index (κ1) is 18.3. The first-order valence-electron chi connectivity index (χ1n) is 7.97. The van der Waals surface area contributed by atoms with Gasteiger partial charge in [0, 0.05) is 5.75 Å². The van der Waals surface area contributed by atoms with Gasteiger partial charge in [0.25, 0.3) is 0 Å². The Kier molecular flexibility index (Phi) is 6.47. The van der Waals surface area contributed by atoms with Crippen LogP contribution in [0.3, 0.4) is 0 Å². The van der Waals surface area contributed by atoms with Crippen molar-refractivity contribution in [1.82, 2.24) is 0 Å². The number of hydrogen-bond donors (Lipinski definition) is 2. The second-order valence-electron chi connectivity index (χ2n) is 6.87. The van der Waals surface area contributed by atoms with Crippen LogP contribution in [0.5, 0.6) is 0 Å². The molecule has 0 saturated heterocycles. The molecule has 0 aromatic heterocycles. The molecule has 2 unspecified atom stereocenters. The molecular formula is C19H26O2SSi. The first-order valence-corrected chi connectivity index (χ1v) is 10.2. The van der Waals surface area contributed by atoms with E-state index in [0.717, 1.165) is 0 Å². The second-order valence-corrected chi connectivity index (χ2v) is 9.60. The van der Waals surface area contributed by atoms with E-state index in [1.165, 1.54) is 10.4 Å². The van der Waals surface area contributed by atoms with Crippen LogP contribution < -0.4 is 10.4 Å². The van der Waals surface area contributed by atoms with E-state index in [1.54, 1.807) is 0 Å². The minimum absolute atomic E-state index is 0.156. The molecule has 0 aliphatic heterocycles. The van der Waals surface area contributed by atoms with Crippen LogP contribution >= 0.6 is 12.6 Å². The highest BCUT2D eigenvalue weighted by Crippen LogP contribution is 2.26. The van der Waals surface area contributed by atoms with Crippen LogP contribution in [0.1, 0.15) is 20.8 Å². The third-order valence-electron chi connectivity index (χ3n) is 3.88. The van der Waals surface area contributed by atoms with Crippen LogP contribution in [-0.4, -0.2) is 32.1 Å². The molecule has 2 rings (SSSR count). The lowest BCUT2D eigenvalue weighted by molar-refractivity contribution is -0.0144. The summed E-state index contributed by atoms with van der Waals surface area (Å²) in [5.74, 6) is 0.395. The van der Waals surface area contributed by atoms with Crippen molar-refractivity contribution in [3.8, 4) is 0 Å². The summed E-state index contributed by atoms with van der Waals surface area (Å²) in [5.41, 5.74) is -0.156. The molecule has 0 amide bonds. The van der Waals surface area contributed by atoms with Gasteiger partial charge in [0.15, 0.2) is 0 Å². The summed E-state index contributed by atoms with van der Waals surface area (Å²) in [6, 6.07) is 20.7. The highest BCUT2D eigenvalue weighted by Gasteiger charge is 2.34. The van der Waals surface area contributed by atoms with Gasteiger partial charge < -0.3 is 9.53 Å². The lowest BCUT2D eigenvalue weighted by Gasteiger charge is -2.37. The zero-order valence-corrected chi connectivity index (χ0v) is 16.1. The van der Waals surface area contributed by atoms with E-state index in [2.05, 4.69) is 57.7 Å². The zero-order valence-electron chi connectivity index (χ0n) is 14.0. The van der Waals surface area contributed by atoms with Gasteiger partial charge in [-0.2, -0.15) is 12.6 Å². The Hall–Kier alpha value is -1.07. The summed E-state index contributed by atoms with van der Waals surface area (Å²) < 4.78 is 6.58. The molecule has 0 radical (unpaired) electrons. The number of benzene rings is 2. The van der Waals surface area contributed by atoms with Crippen molar-refractivity contribution in [1.29, 1.82) is 0 Å². The predicted octanol–water partition coefficient (Wildman–Crippen LogP) is 2.25. The Labute approximate surface area is 146 Å². The third kappa shape index (κ3) is 4.95. The molecule has 0 spiro atoms. The average molecular weight is 347 g/mol. The van der Waals surface area contributed by atoms with E-state index in [4.69, 9.17) is 4.43 Å². The summed E-state index contributed by atoms with van der Waals surface area (Å²) in [4.78, 5) is 0. The Morgan fingerprint density at radius 2 is 1.39 bits per heavy atom.